The lowest BCUT2D eigenvalue weighted by molar-refractivity contribution is -0.137. The Balaban J connectivity index is 1.32. The number of hydrogen-bond donors (Lipinski definition) is 3. The van der Waals surface area contributed by atoms with Gasteiger partial charge in [0.15, 0.2) is 5.76 Å². The summed E-state index contributed by atoms with van der Waals surface area (Å²) in [5.41, 5.74) is 6.58. The minimum Gasteiger partial charge on any atom is -0.342 e. The van der Waals surface area contributed by atoms with Gasteiger partial charge in [-0.2, -0.15) is 0 Å². The maximum Gasteiger partial charge on any atom is 0.223 e. The Kier molecular flexibility index (Phi) is 8.70. The molecule has 3 saturated heterocycles. The van der Waals surface area contributed by atoms with Gasteiger partial charge in [0, 0.05) is 42.4 Å². The third kappa shape index (κ3) is 5.38. The zero-order valence-corrected chi connectivity index (χ0v) is 23.9. The molecule has 1 aromatic rings. The van der Waals surface area contributed by atoms with Crippen LogP contribution in [0.3, 0.4) is 0 Å². The van der Waals surface area contributed by atoms with Gasteiger partial charge in [0.1, 0.15) is 5.84 Å². The quantitative estimate of drug-likeness (QED) is 0.426. The van der Waals surface area contributed by atoms with Gasteiger partial charge in [-0.05, 0) is 55.7 Å². The number of rotatable bonds is 9. The highest BCUT2D eigenvalue weighted by molar-refractivity contribution is 5.89. The highest BCUT2D eigenvalue weighted by Gasteiger charge is 2.52. The van der Waals surface area contributed by atoms with Crippen LogP contribution in [0.1, 0.15) is 59.1 Å². The lowest BCUT2D eigenvalue weighted by Gasteiger charge is -2.49. The van der Waals surface area contributed by atoms with Gasteiger partial charge in [-0.1, -0.05) is 34.1 Å². The molecule has 5 unspecified atom stereocenters. The van der Waals surface area contributed by atoms with Crippen LogP contribution >= 0.6 is 0 Å². The fourth-order valence-corrected chi connectivity index (χ4v) is 7.41. The summed E-state index contributed by atoms with van der Waals surface area (Å²) in [6, 6.07) is -0.499. The molecule has 1 amide bonds. The number of nitrogens with zero attached hydrogens (tertiary/aromatic N) is 5. The predicted molar refractivity (Wildman–Crippen MR) is 148 cm³/mol. The molecular weight excluding hydrogens is 496 g/mol. The van der Waals surface area contributed by atoms with E-state index in [1.807, 2.05) is 22.2 Å². The van der Waals surface area contributed by atoms with Gasteiger partial charge in [0.2, 0.25) is 5.91 Å². The minimum absolute atomic E-state index is 0.0439. The molecule has 4 N–H and O–H groups in total. The first-order chi connectivity index (χ1) is 18.9. The van der Waals surface area contributed by atoms with Crippen LogP contribution in [0, 0.1) is 23.7 Å². The first-order valence-electron chi connectivity index (χ1n) is 14.8. The molecular formula is C28H46N8O3. The second kappa shape index (κ2) is 12.0. The number of piperidine rings is 2. The SMILES string of the molecule is CCC(CON1CC=CN=C1C1NC[C@H](N2CCC(C)CC2=O)[C@H]1N)C1(c2cnno2)CCNCC1C(C)C. The third-order valence-corrected chi connectivity index (χ3v) is 9.62. The molecule has 0 aliphatic carbocycles. The Morgan fingerprint density at radius 3 is 2.90 bits per heavy atom. The van der Waals surface area contributed by atoms with E-state index in [2.05, 4.69) is 48.7 Å². The predicted octanol–water partition coefficient (Wildman–Crippen LogP) is 1.68. The Hall–Kier alpha value is -2.34. The number of aliphatic imine (C=N–C) groups is 1. The largest absolute Gasteiger partial charge is 0.342 e. The van der Waals surface area contributed by atoms with Crippen LogP contribution in [0.25, 0.3) is 0 Å². The fraction of sp³-hybridized carbons (Fsp3) is 0.786. The van der Waals surface area contributed by atoms with E-state index in [0.29, 0.717) is 43.9 Å². The minimum atomic E-state index is -0.262. The van der Waals surface area contributed by atoms with E-state index in [9.17, 15) is 4.79 Å². The molecule has 0 spiro atoms. The Bertz CT molecular complexity index is 1030. The zero-order chi connectivity index (χ0) is 27.6. The van der Waals surface area contributed by atoms with Crippen molar-refractivity contribution in [2.24, 2.45) is 34.4 Å². The first kappa shape index (κ1) is 28.2. The molecule has 11 nitrogen and oxygen atoms in total. The van der Waals surface area contributed by atoms with Crippen molar-refractivity contribution in [2.45, 2.75) is 76.9 Å². The molecule has 7 atom stereocenters. The molecule has 5 heterocycles. The first-order valence-corrected chi connectivity index (χ1v) is 14.8. The van der Waals surface area contributed by atoms with Gasteiger partial charge >= 0.3 is 0 Å². The smallest absolute Gasteiger partial charge is 0.223 e. The van der Waals surface area contributed by atoms with Crippen LogP contribution in [0.2, 0.25) is 0 Å². The van der Waals surface area contributed by atoms with Crippen molar-refractivity contribution in [3.63, 3.8) is 0 Å². The average molecular weight is 543 g/mol. The number of amidine groups is 1. The van der Waals surface area contributed by atoms with Gasteiger partial charge in [0.05, 0.1) is 31.4 Å². The maximum absolute atomic E-state index is 12.8. The third-order valence-electron chi connectivity index (χ3n) is 9.62. The summed E-state index contributed by atoms with van der Waals surface area (Å²) in [5, 5.41) is 17.0. The fourth-order valence-electron chi connectivity index (χ4n) is 7.41. The highest BCUT2D eigenvalue weighted by Crippen LogP contribution is 2.48. The van der Waals surface area contributed by atoms with Gasteiger partial charge in [-0.15, -0.1) is 5.10 Å². The molecule has 4 aliphatic rings. The van der Waals surface area contributed by atoms with E-state index in [1.54, 1.807) is 6.20 Å². The van der Waals surface area contributed by atoms with Crippen LogP contribution in [-0.2, 0) is 15.0 Å². The normalized spacial score (nSPS) is 34.6. The van der Waals surface area contributed by atoms with Crippen LogP contribution in [0.15, 0.2) is 28.0 Å². The van der Waals surface area contributed by atoms with Crippen molar-refractivity contribution < 1.29 is 14.2 Å². The number of amides is 1. The summed E-state index contributed by atoms with van der Waals surface area (Å²) in [5.74, 6) is 3.28. The average Bonchev–Trinajstić information content (AvgIpc) is 3.60. The molecule has 4 aliphatic heterocycles. The van der Waals surface area contributed by atoms with Crippen molar-refractivity contribution in [3.8, 4) is 0 Å². The standard InChI is InChI=1S/C28H46N8O3/c1-5-20(28(23-16-33-34-39-23)8-10-30-14-21(28)18(2)3)17-38-36-11-6-9-31-27(36)26-25(29)22(15-32-26)35-12-7-19(4)13-24(35)37/h6,9,16,18-22,25-26,30,32H,5,7-8,10-15,17,29H2,1-4H3/t19?,20?,21?,22-,25+,26?,28?/m0/s1. The van der Waals surface area contributed by atoms with Gasteiger partial charge < -0.3 is 25.8 Å². The number of aromatic nitrogens is 2. The number of hydroxylamine groups is 2. The molecule has 39 heavy (non-hydrogen) atoms. The molecule has 1 aromatic heterocycles. The van der Waals surface area contributed by atoms with Crippen molar-refractivity contribution >= 4 is 11.7 Å². The van der Waals surface area contributed by atoms with Crippen LogP contribution in [0.5, 0.6) is 0 Å². The summed E-state index contributed by atoms with van der Waals surface area (Å²) in [7, 11) is 0. The molecule has 0 radical (unpaired) electrons. The Morgan fingerprint density at radius 1 is 1.33 bits per heavy atom. The number of likely N-dealkylation sites (tertiary alicyclic amines) is 1. The number of nitrogens with two attached hydrogens (primary N) is 1. The van der Waals surface area contributed by atoms with Crippen molar-refractivity contribution in [2.75, 3.05) is 39.3 Å². The summed E-state index contributed by atoms with van der Waals surface area (Å²) in [6.07, 6.45) is 9.10. The van der Waals surface area contributed by atoms with Gasteiger partial charge in [0.25, 0.3) is 0 Å². The molecule has 0 bridgehead atoms. The highest BCUT2D eigenvalue weighted by atomic mass is 16.7. The van der Waals surface area contributed by atoms with Gasteiger partial charge in [-0.25, -0.2) is 10.1 Å². The Morgan fingerprint density at radius 2 is 2.18 bits per heavy atom. The number of carbonyl (C=O) groups is 1. The molecule has 5 rings (SSSR count). The van der Waals surface area contributed by atoms with Crippen LogP contribution < -0.4 is 16.4 Å². The summed E-state index contributed by atoms with van der Waals surface area (Å²) < 4.78 is 5.78. The van der Waals surface area contributed by atoms with E-state index in [4.69, 9.17) is 20.1 Å². The number of carbonyl (C=O) groups excluding carboxylic acids is 1. The van der Waals surface area contributed by atoms with E-state index in [1.165, 1.54) is 0 Å². The molecule has 0 saturated carbocycles. The number of nitrogens with one attached hydrogen (secondary N) is 2. The van der Waals surface area contributed by atoms with E-state index < -0.39 is 0 Å². The summed E-state index contributed by atoms with van der Waals surface area (Å²) in [6.45, 7) is 13.3. The monoisotopic (exact) mass is 542 g/mol. The lowest BCUT2D eigenvalue weighted by Crippen LogP contribution is -2.58. The van der Waals surface area contributed by atoms with E-state index in [-0.39, 0.29) is 35.4 Å². The topological polar surface area (TPSA) is 134 Å². The molecule has 0 aromatic carbocycles. The van der Waals surface area contributed by atoms with Crippen molar-refractivity contribution in [1.82, 2.24) is 31.0 Å². The second-order valence-electron chi connectivity index (χ2n) is 12.2. The Labute approximate surface area is 231 Å². The second-order valence-corrected chi connectivity index (χ2v) is 12.2. The molecule has 11 heteroatoms. The van der Waals surface area contributed by atoms with Crippen molar-refractivity contribution in [3.05, 3.63) is 24.2 Å². The zero-order valence-electron chi connectivity index (χ0n) is 23.9. The van der Waals surface area contributed by atoms with E-state index in [0.717, 1.165) is 50.5 Å². The van der Waals surface area contributed by atoms with Crippen LogP contribution in [-0.4, -0.2) is 89.5 Å². The lowest BCUT2D eigenvalue weighted by atomic mass is 9.58. The van der Waals surface area contributed by atoms with Crippen molar-refractivity contribution in [1.29, 1.82) is 0 Å². The van der Waals surface area contributed by atoms with Crippen LogP contribution in [0.4, 0.5) is 0 Å². The maximum atomic E-state index is 12.8. The van der Waals surface area contributed by atoms with Gasteiger partial charge in [-0.3, -0.25) is 9.63 Å². The molecule has 3 fully saturated rings. The molecule has 216 valence electrons. The summed E-state index contributed by atoms with van der Waals surface area (Å²) in [4.78, 5) is 26.1. The van der Waals surface area contributed by atoms with E-state index >= 15 is 0 Å². The summed E-state index contributed by atoms with van der Waals surface area (Å²) >= 11 is 0. The number of hydrogen-bond acceptors (Lipinski definition) is 10.